The van der Waals surface area contributed by atoms with E-state index >= 15 is 0 Å². The molecular formula is C19H29N5O2. The van der Waals surface area contributed by atoms with Gasteiger partial charge in [-0.1, -0.05) is 13.0 Å². The van der Waals surface area contributed by atoms with Gasteiger partial charge in [0.15, 0.2) is 0 Å². The van der Waals surface area contributed by atoms with E-state index in [-0.39, 0.29) is 11.9 Å². The van der Waals surface area contributed by atoms with Crippen molar-refractivity contribution in [2.24, 2.45) is 0 Å². The zero-order valence-electron chi connectivity index (χ0n) is 15.5. The smallest absolute Gasteiger partial charge is 0.321 e. The Kier molecular flexibility index (Phi) is 6.46. The van der Waals surface area contributed by atoms with Crippen LogP contribution in [0.3, 0.4) is 0 Å². The van der Waals surface area contributed by atoms with Crippen LogP contribution in [-0.2, 0) is 4.79 Å². The van der Waals surface area contributed by atoms with Crippen LogP contribution in [0.1, 0.15) is 26.2 Å². The van der Waals surface area contributed by atoms with E-state index in [1.807, 2.05) is 30.0 Å². The first kappa shape index (κ1) is 18.7. The largest absolute Gasteiger partial charge is 0.326 e. The molecule has 1 aromatic rings. The van der Waals surface area contributed by atoms with Crippen LogP contribution in [0, 0.1) is 0 Å². The monoisotopic (exact) mass is 359 g/mol. The van der Waals surface area contributed by atoms with Gasteiger partial charge in [0.2, 0.25) is 5.91 Å². The van der Waals surface area contributed by atoms with Crippen molar-refractivity contribution in [2.75, 3.05) is 49.9 Å². The number of hydrogen-bond donors (Lipinski definition) is 3. The summed E-state index contributed by atoms with van der Waals surface area (Å²) in [5, 5.41) is 9.20. The Morgan fingerprint density at radius 3 is 2.54 bits per heavy atom. The first-order valence-corrected chi connectivity index (χ1v) is 9.56. The molecular weight excluding hydrogens is 330 g/mol. The molecule has 7 heteroatoms. The van der Waals surface area contributed by atoms with E-state index in [2.05, 4.69) is 20.9 Å². The zero-order valence-corrected chi connectivity index (χ0v) is 15.5. The summed E-state index contributed by atoms with van der Waals surface area (Å²) in [5.41, 5.74) is 1.41. The number of nitrogens with one attached hydrogen (secondary N) is 3. The number of nitrogens with zero attached hydrogens (tertiary/aromatic N) is 2. The van der Waals surface area contributed by atoms with Gasteiger partial charge in [0.1, 0.15) is 0 Å². The van der Waals surface area contributed by atoms with Gasteiger partial charge in [-0.15, -0.1) is 0 Å². The van der Waals surface area contributed by atoms with E-state index in [1.165, 1.54) is 6.42 Å². The molecule has 2 heterocycles. The number of urea groups is 1. The summed E-state index contributed by atoms with van der Waals surface area (Å²) < 4.78 is 0. The Morgan fingerprint density at radius 1 is 1.15 bits per heavy atom. The molecule has 3 rings (SSSR count). The van der Waals surface area contributed by atoms with Gasteiger partial charge in [-0.3, -0.25) is 9.69 Å². The lowest BCUT2D eigenvalue weighted by Gasteiger charge is -2.37. The molecule has 0 bridgehead atoms. The topological polar surface area (TPSA) is 76.7 Å². The van der Waals surface area contributed by atoms with Gasteiger partial charge in [0, 0.05) is 56.6 Å². The van der Waals surface area contributed by atoms with E-state index in [0.29, 0.717) is 23.8 Å². The molecule has 2 saturated heterocycles. The lowest BCUT2D eigenvalue weighted by atomic mass is 10.2. The van der Waals surface area contributed by atoms with E-state index in [1.54, 1.807) is 6.07 Å². The molecule has 0 saturated carbocycles. The van der Waals surface area contributed by atoms with Crippen molar-refractivity contribution in [3.05, 3.63) is 24.3 Å². The maximum atomic E-state index is 12.5. The molecule has 1 atom stereocenters. The second-order valence-corrected chi connectivity index (χ2v) is 6.98. The van der Waals surface area contributed by atoms with Crippen molar-refractivity contribution in [3.63, 3.8) is 0 Å². The number of carbonyl (C=O) groups is 2. The van der Waals surface area contributed by atoms with Crippen LogP contribution >= 0.6 is 0 Å². The summed E-state index contributed by atoms with van der Waals surface area (Å²) in [6.45, 7) is 7.46. The van der Waals surface area contributed by atoms with Crippen molar-refractivity contribution < 1.29 is 9.59 Å². The Hall–Kier alpha value is -2.12. The molecule has 2 aliphatic heterocycles. The molecule has 7 nitrogen and oxygen atoms in total. The fraction of sp³-hybridized carbons (Fsp3) is 0.579. The number of hydrogen-bond acceptors (Lipinski definition) is 4. The lowest BCUT2D eigenvalue weighted by molar-refractivity contribution is -0.116. The molecule has 2 aliphatic rings. The van der Waals surface area contributed by atoms with Crippen LogP contribution in [0.25, 0.3) is 0 Å². The van der Waals surface area contributed by atoms with Crippen LogP contribution in [-0.4, -0.2) is 67.0 Å². The fourth-order valence-corrected chi connectivity index (χ4v) is 3.57. The second kappa shape index (κ2) is 9.00. The number of benzene rings is 1. The normalized spacial score (nSPS) is 20.8. The summed E-state index contributed by atoms with van der Waals surface area (Å²) >= 11 is 0. The van der Waals surface area contributed by atoms with Crippen LogP contribution in [0.4, 0.5) is 16.2 Å². The van der Waals surface area contributed by atoms with Crippen molar-refractivity contribution in [2.45, 2.75) is 32.2 Å². The van der Waals surface area contributed by atoms with Crippen molar-refractivity contribution in [1.82, 2.24) is 15.1 Å². The SMILES string of the molecule is CCCC(=O)Nc1cccc(NC(=O)N2CCN(C3CCNC3)CC2)c1. The average molecular weight is 359 g/mol. The van der Waals surface area contributed by atoms with Crippen molar-refractivity contribution in [3.8, 4) is 0 Å². The minimum atomic E-state index is -0.0776. The highest BCUT2D eigenvalue weighted by atomic mass is 16.2. The predicted molar refractivity (Wildman–Crippen MR) is 103 cm³/mol. The van der Waals surface area contributed by atoms with Gasteiger partial charge < -0.3 is 20.9 Å². The first-order chi connectivity index (χ1) is 12.7. The Morgan fingerprint density at radius 2 is 1.88 bits per heavy atom. The average Bonchev–Trinajstić information content (AvgIpc) is 3.17. The molecule has 1 unspecified atom stereocenters. The summed E-state index contributed by atoms with van der Waals surface area (Å²) in [5.74, 6) is -0.00602. The zero-order chi connectivity index (χ0) is 18.4. The van der Waals surface area contributed by atoms with E-state index in [9.17, 15) is 9.59 Å². The van der Waals surface area contributed by atoms with Crippen LogP contribution in [0.15, 0.2) is 24.3 Å². The third kappa shape index (κ3) is 4.95. The predicted octanol–water partition coefficient (Wildman–Crippen LogP) is 1.94. The van der Waals surface area contributed by atoms with Gasteiger partial charge in [-0.05, 0) is 37.6 Å². The van der Waals surface area contributed by atoms with Gasteiger partial charge >= 0.3 is 6.03 Å². The van der Waals surface area contributed by atoms with Crippen LogP contribution < -0.4 is 16.0 Å². The highest BCUT2D eigenvalue weighted by Gasteiger charge is 2.27. The minimum absolute atomic E-state index is 0.00602. The third-order valence-electron chi connectivity index (χ3n) is 5.03. The number of amides is 3. The van der Waals surface area contributed by atoms with Gasteiger partial charge in [0.25, 0.3) is 0 Å². The molecule has 2 fully saturated rings. The number of carbonyl (C=O) groups excluding carboxylic acids is 2. The Bertz CT molecular complexity index is 622. The molecule has 3 amide bonds. The maximum Gasteiger partial charge on any atom is 0.321 e. The molecule has 0 spiro atoms. The fourth-order valence-electron chi connectivity index (χ4n) is 3.57. The van der Waals surface area contributed by atoms with E-state index < -0.39 is 0 Å². The molecule has 0 aromatic heterocycles. The van der Waals surface area contributed by atoms with Crippen molar-refractivity contribution in [1.29, 1.82) is 0 Å². The summed E-state index contributed by atoms with van der Waals surface area (Å²) in [4.78, 5) is 28.6. The number of piperazine rings is 1. The molecule has 1 aromatic carbocycles. The Labute approximate surface area is 155 Å². The highest BCUT2D eigenvalue weighted by Crippen LogP contribution is 2.17. The molecule has 0 radical (unpaired) electrons. The van der Waals surface area contributed by atoms with Crippen LogP contribution in [0.2, 0.25) is 0 Å². The summed E-state index contributed by atoms with van der Waals surface area (Å²) in [6, 6.07) is 7.84. The lowest BCUT2D eigenvalue weighted by Crippen LogP contribution is -2.53. The van der Waals surface area contributed by atoms with Gasteiger partial charge in [-0.25, -0.2) is 4.79 Å². The van der Waals surface area contributed by atoms with Gasteiger partial charge in [-0.2, -0.15) is 0 Å². The third-order valence-corrected chi connectivity index (χ3v) is 5.03. The Balaban J connectivity index is 1.49. The number of rotatable bonds is 5. The standard InChI is InChI=1S/C19H29N5O2/c1-2-4-18(25)21-15-5-3-6-16(13-15)22-19(26)24-11-9-23(10-12-24)17-7-8-20-14-17/h3,5-6,13,17,20H,2,4,7-12,14H2,1H3,(H,21,25)(H,22,26). The molecule has 26 heavy (non-hydrogen) atoms. The van der Waals surface area contributed by atoms with Crippen LogP contribution in [0.5, 0.6) is 0 Å². The number of anilines is 2. The van der Waals surface area contributed by atoms with Crippen molar-refractivity contribution >= 4 is 23.3 Å². The maximum absolute atomic E-state index is 12.5. The quantitative estimate of drug-likeness (QED) is 0.751. The highest BCUT2D eigenvalue weighted by molar-refractivity contribution is 5.93. The second-order valence-electron chi connectivity index (χ2n) is 6.98. The minimum Gasteiger partial charge on any atom is -0.326 e. The van der Waals surface area contributed by atoms with Gasteiger partial charge in [0.05, 0.1) is 0 Å². The molecule has 142 valence electrons. The summed E-state index contributed by atoms with van der Waals surface area (Å²) in [7, 11) is 0. The van der Waals surface area contributed by atoms with E-state index in [4.69, 9.17) is 0 Å². The summed E-state index contributed by atoms with van der Waals surface area (Å²) in [6.07, 6.45) is 2.51. The first-order valence-electron chi connectivity index (χ1n) is 9.56. The molecule has 0 aliphatic carbocycles. The molecule has 3 N–H and O–H groups in total. The van der Waals surface area contributed by atoms with E-state index in [0.717, 1.165) is 45.7 Å².